The van der Waals surface area contributed by atoms with Crippen molar-refractivity contribution >= 4 is 17.8 Å². The van der Waals surface area contributed by atoms with E-state index in [2.05, 4.69) is 25.3 Å². The van der Waals surface area contributed by atoms with Crippen LogP contribution >= 0.6 is 0 Å². The molecule has 0 radical (unpaired) electrons. The fraction of sp³-hybridized carbons (Fsp3) is 0.385. The van der Waals surface area contributed by atoms with E-state index in [1.807, 2.05) is 43.1 Å². The summed E-state index contributed by atoms with van der Waals surface area (Å²) in [4.78, 5) is 21.0. The second-order valence-corrected chi connectivity index (χ2v) is 4.61. The highest BCUT2D eigenvalue weighted by atomic mass is 15.3. The molecule has 0 spiro atoms. The zero-order valence-electron chi connectivity index (χ0n) is 12.2. The molecule has 0 aliphatic carbocycles. The Morgan fingerprint density at radius 3 is 2.25 bits per heavy atom. The third kappa shape index (κ3) is 3.31. The second kappa shape index (κ2) is 6.14. The number of nitrogens with one attached hydrogen (secondary N) is 1. The van der Waals surface area contributed by atoms with Crippen molar-refractivity contribution in [2.75, 3.05) is 43.3 Å². The van der Waals surface area contributed by atoms with Gasteiger partial charge in [-0.3, -0.25) is 4.98 Å². The van der Waals surface area contributed by atoms with Gasteiger partial charge in [0.05, 0.1) is 0 Å². The molecule has 7 nitrogen and oxygen atoms in total. The maximum atomic E-state index is 4.45. The summed E-state index contributed by atoms with van der Waals surface area (Å²) in [6.07, 6.45) is 3.56. The van der Waals surface area contributed by atoms with E-state index in [0.717, 1.165) is 5.56 Å². The fourth-order valence-electron chi connectivity index (χ4n) is 1.67. The van der Waals surface area contributed by atoms with Crippen LogP contribution in [0.1, 0.15) is 5.56 Å². The highest BCUT2D eigenvalue weighted by molar-refractivity contribution is 5.44. The van der Waals surface area contributed by atoms with Gasteiger partial charge in [0.1, 0.15) is 0 Å². The molecule has 106 valence electrons. The molecule has 0 atom stereocenters. The summed E-state index contributed by atoms with van der Waals surface area (Å²) in [5, 5.41) is 2.96. The molecule has 2 aromatic rings. The van der Waals surface area contributed by atoms with Gasteiger partial charge in [-0.2, -0.15) is 15.0 Å². The average Bonchev–Trinajstić information content (AvgIpc) is 2.47. The van der Waals surface area contributed by atoms with Gasteiger partial charge in [0.2, 0.25) is 17.8 Å². The average molecular weight is 273 g/mol. The molecule has 20 heavy (non-hydrogen) atoms. The molecule has 0 unspecified atom stereocenters. The predicted octanol–water partition coefficient (Wildman–Crippen LogP) is 1.01. The van der Waals surface area contributed by atoms with Crippen molar-refractivity contribution in [3.63, 3.8) is 0 Å². The first-order valence-corrected chi connectivity index (χ1v) is 6.31. The molecule has 1 N–H and O–H groups in total. The van der Waals surface area contributed by atoms with Crippen LogP contribution < -0.4 is 15.1 Å². The molecule has 0 saturated carbocycles. The third-order valence-corrected chi connectivity index (χ3v) is 2.75. The number of pyridine rings is 1. The SMILES string of the molecule is CNc1nc(N(C)C)nc(N(C)Cc2ccncc2)n1. The summed E-state index contributed by atoms with van der Waals surface area (Å²) in [7, 11) is 7.55. The van der Waals surface area contributed by atoms with E-state index in [4.69, 9.17) is 0 Å². The number of nitrogens with zero attached hydrogens (tertiary/aromatic N) is 6. The largest absolute Gasteiger partial charge is 0.357 e. The van der Waals surface area contributed by atoms with Gasteiger partial charge in [-0.25, -0.2) is 0 Å². The van der Waals surface area contributed by atoms with E-state index in [9.17, 15) is 0 Å². The first-order chi connectivity index (χ1) is 9.60. The van der Waals surface area contributed by atoms with Crippen LogP contribution in [0.4, 0.5) is 17.8 Å². The topological polar surface area (TPSA) is 70.1 Å². The van der Waals surface area contributed by atoms with E-state index < -0.39 is 0 Å². The van der Waals surface area contributed by atoms with Gasteiger partial charge in [-0.15, -0.1) is 0 Å². The zero-order valence-corrected chi connectivity index (χ0v) is 12.2. The van der Waals surface area contributed by atoms with Gasteiger partial charge in [-0.1, -0.05) is 0 Å². The Bertz CT molecular complexity index is 556. The van der Waals surface area contributed by atoms with Crippen molar-refractivity contribution in [3.05, 3.63) is 30.1 Å². The summed E-state index contributed by atoms with van der Waals surface area (Å²) in [5.74, 6) is 1.81. The van der Waals surface area contributed by atoms with Gasteiger partial charge in [0.15, 0.2) is 0 Å². The van der Waals surface area contributed by atoms with Gasteiger partial charge < -0.3 is 15.1 Å². The minimum Gasteiger partial charge on any atom is -0.357 e. The molecular formula is C13H19N7. The van der Waals surface area contributed by atoms with Gasteiger partial charge >= 0.3 is 0 Å². The molecule has 0 bridgehead atoms. The Labute approximate surface area is 118 Å². The summed E-state index contributed by atoms with van der Waals surface area (Å²) in [6.45, 7) is 0.711. The number of hydrogen-bond acceptors (Lipinski definition) is 7. The monoisotopic (exact) mass is 273 g/mol. The number of hydrogen-bond donors (Lipinski definition) is 1. The van der Waals surface area contributed by atoms with Crippen molar-refractivity contribution in [1.29, 1.82) is 0 Å². The molecule has 0 saturated heterocycles. The Kier molecular flexibility index (Phi) is 4.29. The molecule has 0 aliphatic rings. The summed E-state index contributed by atoms with van der Waals surface area (Å²) < 4.78 is 0. The lowest BCUT2D eigenvalue weighted by atomic mass is 10.2. The van der Waals surface area contributed by atoms with Gasteiger partial charge in [0.25, 0.3) is 0 Å². The Morgan fingerprint density at radius 1 is 1.00 bits per heavy atom. The minimum absolute atomic E-state index is 0.556. The lowest BCUT2D eigenvalue weighted by Gasteiger charge is -2.19. The molecule has 0 fully saturated rings. The second-order valence-electron chi connectivity index (χ2n) is 4.61. The van der Waals surface area contributed by atoms with Crippen LogP contribution in [0.5, 0.6) is 0 Å². The van der Waals surface area contributed by atoms with Crippen LogP contribution in [0.15, 0.2) is 24.5 Å². The smallest absolute Gasteiger partial charge is 0.232 e. The highest BCUT2D eigenvalue weighted by Crippen LogP contribution is 2.15. The van der Waals surface area contributed by atoms with Crippen LogP contribution in [-0.2, 0) is 6.54 Å². The van der Waals surface area contributed by atoms with E-state index >= 15 is 0 Å². The van der Waals surface area contributed by atoms with Crippen molar-refractivity contribution in [2.45, 2.75) is 6.54 Å². The lowest BCUT2D eigenvalue weighted by Crippen LogP contribution is -2.22. The number of anilines is 3. The first-order valence-electron chi connectivity index (χ1n) is 6.31. The summed E-state index contributed by atoms with van der Waals surface area (Å²) in [6, 6.07) is 3.95. The van der Waals surface area contributed by atoms with Crippen LogP contribution in [-0.4, -0.2) is 48.1 Å². The summed E-state index contributed by atoms with van der Waals surface area (Å²) in [5.41, 5.74) is 1.15. The normalized spacial score (nSPS) is 10.2. The van der Waals surface area contributed by atoms with E-state index in [1.165, 1.54) is 0 Å². The summed E-state index contributed by atoms with van der Waals surface area (Å²) >= 11 is 0. The van der Waals surface area contributed by atoms with Crippen molar-refractivity contribution < 1.29 is 0 Å². The Balaban J connectivity index is 2.24. The van der Waals surface area contributed by atoms with Crippen molar-refractivity contribution in [2.24, 2.45) is 0 Å². The zero-order chi connectivity index (χ0) is 14.5. The molecule has 0 aliphatic heterocycles. The quantitative estimate of drug-likeness (QED) is 0.871. The fourth-order valence-corrected chi connectivity index (χ4v) is 1.67. The molecular weight excluding hydrogens is 254 g/mol. The Morgan fingerprint density at radius 2 is 1.65 bits per heavy atom. The number of aromatic nitrogens is 4. The first kappa shape index (κ1) is 14.0. The van der Waals surface area contributed by atoms with Crippen LogP contribution in [0.25, 0.3) is 0 Å². The molecule has 0 amide bonds. The molecule has 2 heterocycles. The minimum atomic E-state index is 0.556. The maximum Gasteiger partial charge on any atom is 0.232 e. The third-order valence-electron chi connectivity index (χ3n) is 2.75. The Hall–Kier alpha value is -2.44. The molecule has 0 aromatic carbocycles. The molecule has 2 rings (SSSR count). The van der Waals surface area contributed by atoms with Crippen LogP contribution in [0.2, 0.25) is 0 Å². The predicted molar refractivity (Wildman–Crippen MR) is 80.0 cm³/mol. The number of rotatable bonds is 5. The van der Waals surface area contributed by atoms with Crippen molar-refractivity contribution in [1.82, 2.24) is 19.9 Å². The van der Waals surface area contributed by atoms with Crippen LogP contribution in [0, 0.1) is 0 Å². The molecule has 2 aromatic heterocycles. The highest BCUT2D eigenvalue weighted by Gasteiger charge is 2.11. The van der Waals surface area contributed by atoms with Gasteiger partial charge in [-0.05, 0) is 17.7 Å². The molecule has 7 heteroatoms. The van der Waals surface area contributed by atoms with Crippen molar-refractivity contribution in [3.8, 4) is 0 Å². The standard InChI is InChI=1S/C13H19N7/c1-14-11-16-12(19(2)3)18-13(17-11)20(4)9-10-5-7-15-8-6-10/h5-8H,9H2,1-4H3,(H,14,16,17,18). The van der Waals surface area contributed by atoms with E-state index in [1.54, 1.807) is 19.4 Å². The van der Waals surface area contributed by atoms with Crippen LogP contribution in [0.3, 0.4) is 0 Å². The van der Waals surface area contributed by atoms with E-state index in [0.29, 0.717) is 24.4 Å². The lowest BCUT2D eigenvalue weighted by molar-refractivity contribution is 0.842. The van der Waals surface area contributed by atoms with Gasteiger partial charge in [0, 0.05) is 47.1 Å². The van der Waals surface area contributed by atoms with E-state index in [-0.39, 0.29) is 0 Å². The maximum absolute atomic E-state index is 4.45.